The number of hydrogen-bond donors (Lipinski definition) is 0. The van der Waals surface area contributed by atoms with Gasteiger partial charge in [-0.25, -0.2) is 9.78 Å². The molecule has 0 unspecified atom stereocenters. The predicted molar refractivity (Wildman–Crippen MR) is 105 cm³/mol. The second-order valence-corrected chi connectivity index (χ2v) is 6.42. The number of para-hydroxylation sites is 2. The van der Waals surface area contributed by atoms with Crippen LogP contribution >= 0.6 is 0 Å². The summed E-state index contributed by atoms with van der Waals surface area (Å²) in [5.74, 6) is -0.807. The lowest BCUT2D eigenvalue weighted by Crippen LogP contribution is -2.15. The number of fused-ring (bicyclic) bond motifs is 1. The maximum atomic E-state index is 12.4. The van der Waals surface area contributed by atoms with Crippen molar-refractivity contribution in [2.75, 3.05) is 6.61 Å². The topological polar surface area (TPSA) is 69.2 Å². The van der Waals surface area contributed by atoms with Gasteiger partial charge in [-0.15, -0.1) is 0 Å². The van der Waals surface area contributed by atoms with Crippen LogP contribution < -0.4 is 0 Å². The molecule has 0 N–H and O–H groups in total. The minimum atomic E-state index is -0.597. The Morgan fingerprint density at radius 2 is 1.70 bits per heavy atom. The second kappa shape index (κ2) is 7.91. The Kier molecular flexibility index (Phi) is 5.41. The monoisotopic (exact) mass is 360 g/mol. The number of rotatable bonds is 5. The molecule has 0 saturated carbocycles. The molecule has 136 valence electrons. The van der Waals surface area contributed by atoms with E-state index in [2.05, 4.69) is 9.97 Å². The smallest absolute Gasteiger partial charge is 0.331 e. The molecule has 0 radical (unpaired) electrons. The minimum Gasteiger partial charge on any atom is -0.454 e. The number of Topliss-reactive ketones (excluding diaryl/α,β-unsaturated/α-hetero) is 1. The molecule has 0 atom stereocenters. The molecule has 0 fully saturated rings. The van der Waals surface area contributed by atoms with E-state index < -0.39 is 5.97 Å². The maximum absolute atomic E-state index is 12.4. The fraction of sp³-hybridized carbons (Fsp3) is 0.182. The van der Waals surface area contributed by atoms with Crippen molar-refractivity contribution in [3.63, 3.8) is 0 Å². The van der Waals surface area contributed by atoms with Crippen LogP contribution in [0, 0.1) is 20.8 Å². The van der Waals surface area contributed by atoms with E-state index in [4.69, 9.17) is 4.74 Å². The van der Waals surface area contributed by atoms with Crippen molar-refractivity contribution in [2.24, 2.45) is 0 Å². The highest BCUT2D eigenvalue weighted by atomic mass is 16.5. The predicted octanol–water partition coefficient (Wildman–Crippen LogP) is 3.99. The fourth-order valence-corrected chi connectivity index (χ4v) is 3.08. The van der Waals surface area contributed by atoms with E-state index in [1.54, 1.807) is 6.20 Å². The van der Waals surface area contributed by atoms with Crippen molar-refractivity contribution in [1.82, 2.24) is 9.97 Å². The number of aryl methyl sites for hydroxylation is 3. The zero-order chi connectivity index (χ0) is 19.4. The highest BCUT2D eigenvalue weighted by Gasteiger charge is 2.14. The number of carbonyl (C=O) groups is 2. The number of ether oxygens (including phenoxy) is 1. The van der Waals surface area contributed by atoms with E-state index in [0.29, 0.717) is 11.3 Å². The van der Waals surface area contributed by atoms with Crippen LogP contribution in [0.25, 0.3) is 17.1 Å². The lowest BCUT2D eigenvalue weighted by atomic mass is 9.97. The molecule has 0 amide bonds. The first-order valence-electron chi connectivity index (χ1n) is 8.62. The zero-order valence-corrected chi connectivity index (χ0v) is 15.5. The van der Waals surface area contributed by atoms with Gasteiger partial charge in [-0.3, -0.25) is 9.78 Å². The highest BCUT2D eigenvalue weighted by Crippen LogP contribution is 2.17. The molecule has 3 aromatic rings. The molecule has 0 aliphatic carbocycles. The van der Waals surface area contributed by atoms with Gasteiger partial charge in [0.05, 0.1) is 22.9 Å². The third-order valence-corrected chi connectivity index (χ3v) is 4.16. The summed E-state index contributed by atoms with van der Waals surface area (Å²) in [5.41, 5.74) is 5.55. The van der Waals surface area contributed by atoms with E-state index in [-0.39, 0.29) is 12.4 Å². The Morgan fingerprint density at radius 1 is 1.04 bits per heavy atom. The molecule has 0 saturated heterocycles. The quantitative estimate of drug-likeness (QED) is 0.391. The summed E-state index contributed by atoms with van der Waals surface area (Å²) in [4.78, 5) is 33.0. The van der Waals surface area contributed by atoms with Crippen LogP contribution in [0.2, 0.25) is 0 Å². The van der Waals surface area contributed by atoms with E-state index >= 15 is 0 Å². The number of hydrogen-bond acceptors (Lipinski definition) is 5. The van der Waals surface area contributed by atoms with Gasteiger partial charge >= 0.3 is 5.97 Å². The lowest BCUT2D eigenvalue weighted by Gasteiger charge is -2.10. The minimum absolute atomic E-state index is 0.211. The Bertz CT molecular complexity index is 1030. The summed E-state index contributed by atoms with van der Waals surface area (Å²) in [5, 5.41) is 0. The summed E-state index contributed by atoms with van der Waals surface area (Å²) in [7, 11) is 0. The van der Waals surface area contributed by atoms with Crippen LogP contribution in [-0.2, 0) is 9.53 Å². The molecule has 27 heavy (non-hydrogen) atoms. The molecule has 0 bridgehead atoms. The van der Waals surface area contributed by atoms with Crippen molar-refractivity contribution in [2.45, 2.75) is 20.8 Å². The molecular formula is C22H20N2O3. The van der Waals surface area contributed by atoms with Crippen molar-refractivity contribution < 1.29 is 14.3 Å². The lowest BCUT2D eigenvalue weighted by molar-refractivity contribution is -0.136. The Morgan fingerprint density at radius 3 is 2.41 bits per heavy atom. The second-order valence-electron chi connectivity index (χ2n) is 6.42. The summed E-state index contributed by atoms with van der Waals surface area (Å²) < 4.78 is 5.08. The van der Waals surface area contributed by atoms with Crippen LogP contribution in [0.5, 0.6) is 0 Å². The molecule has 0 spiro atoms. The van der Waals surface area contributed by atoms with Gasteiger partial charge in [-0.05, 0) is 50.1 Å². The maximum Gasteiger partial charge on any atom is 0.331 e. The summed E-state index contributed by atoms with van der Waals surface area (Å²) in [6.07, 6.45) is 4.35. The number of esters is 1. The summed E-state index contributed by atoms with van der Waals surface area (Å²) in [6, 6.07) is 11.4. The van der Waals surface area contributed by atoms with Gasteiger partial charge in [0.25, 0.3) is 0 Å². The van der Waals surface area contributed by atoms with E-state index in [9.17, 15) is 9.59 Å². The average Bonchev–Trinajstić information content (AvgIpc) is 2.63. The molecule has 2 aromatic carbocycles. The van der Waals surface area contributed by atoms with Crippen LogP contribution in [-0.4, -0.2) is 28.3 Å². The molecule has 5 nitrogen and oxygen atoms in total. The number of aromatic nitrogens is 2. The third kappa shape index (κ3) is 4.44. The normalized spacial score (nSPS) is 11.1. The van der Waals surface area contributed by atoms with E-state index in [1.165, 1.54) is 12.2 Å². The SMILES string of the molecule is Cc1cc(C)c(C(=O)COC(=O)/C=C/c2cnc3ccccc3n2)c(C)c1. The van der Waals surface area contributed by atoms with Gasteiger partial charge in [0, 0.05) is 11.6 Å². The fourth-order valence-electron chi connectivity index (χ4n) is 3.08. The molecule has 1 aromatic heterocycles. The molecule has 3 rings (SSSR count). The first kappa shape index (κ1) is 18.5. The van der Waals surface area contributed by atoms with Gasteiger partial charge < -0.3 is 4.74 Å². The Hall–Kier alpha value is -3.34. The first-order valence-corrected chi connectivity index (χ1v) is 8.62. The van der Waals surface area contributed by atoms with Gasteiger partial charge in [0.2, 0.25) is 5.78 Å². The summed E-state index contributed by atoms with van der Waals surface area (Å²) in [6.45, 7) is 5.45. The van der Waals surface area contributed by atoms with Gasteiger partial charge in [-0.1, -0.05) is 29.8 Å². The Labute approximate surface area is 157 Å². The molecular weight excluding hydrogens is 340 g/mol. The van der Waals surface area contributed by atoms with Gasteiger partial charge in [-0.2, -0.15) is 0 Å². The largest absolute Gasteiger partial charge is 0.454 e. The van der Waals surface area contributed by atoms with E-state index in [0.717, 1.165) is 27.7 Å². The van der Waals surface area contributed by atoms with Crippen molar-refractivity contribution >= 4 is 28.9 Å². The number of benzene rings is 2. The van der Waals surface area contributed by atoms with Crippen LogP contribution in [0.4, 0.5) is 0 Å². The molecule has 1 heterocycles. The Balaban J connectivity index is 1.63. The molecule has 0 aliphatic rings. The average molecular weight is 360 g/mol. The molecule has 0 aliphatic heterocycles. The number of ketones is 1. The zero-order valence-electron chi connectivity index (χ0n) is 15.5. The highest BCUT2D eigenvalue weighted by molar-refractivity contribution is 6.01. The van der Waals surface area contributed by atoms with E-state index in [1.807, 2.05) is 57.2 Å². The van der Waals surface area contributed by atoms with Crippen molar-refractivity contribution in [3.8, 4) is 0 Å². The standard InChI is InChI=1S/C22H20N2O3/c1-14-10-15(2)22(16(3)11-14)20(25)13-27-21(26)9-8-17-12-23-18-6-4-5-7-19(18)24-17/h4-12H,13H2,1-3H3/b9-8+. The third-order valence-electron chi connectivity index (χ3n) is 4.16. The van der Waals surface area contributed by atoms with Crippen LogP contribution in [0.15, 0.2) is 48.7 Å². The first-order chi connectivity index (χ1) is 12.9. The van der Waals surface area contributed by atoms with Gasteiger partial charge in [0.1, 0.15) is 0 Å². The van der Waals surface area contributed by atoms with Crippen molar-refractivity contribution in [3.05, 3.63) is 76.6 Å². The number of carbonyl (C=O) groups excluding carboxylic acids is 2. The van der Waals surface area contributed by atoms with Crippen molar-refractivity contribution in [1.29, 1.82) is 0 Å². The summed E-state index contributed by atoms with van der Waals surface area (Å²) >= 11 is 0. The molecule has 5 heteroatoms. The van der Waals surface area contributed by atoms with Crippen LogP contribution in [0.1, 0.15) is 32.7 Å². The van der Waals surface area contributed by atoms with Gasteiger partial charge in [0.15, 0.2) is 6.61 Å². The number of nitrogens with zero attached hydrogens (tertiary/aromatic N) is 2. The van der Waals surface area contributed by atoms with Crippen LogP contribution in [0.3, 0.4) is 0 Å².